The van der Waals surface area contributed by atoms with Crippen LogP contribution >= 0.6 is 0 Å². The summed E-state index contributed by atoms with van der Waals surface area (Å²) in [7, 11) is 0. The Morgan fingerprint density at radius 1 is 0.788 bits per heavy atom. The van der Waals surface area contributed by atoms with Crippen LogP contribution in [0.25, 0.3) is 10.9 Å². The number of nitrogens with zero attached hydrogens (tertiary/aromatic N) is 1. The van der Waals surface area contributed by atoms with Crippen molar-refractivity contribution in [3.05, 3.63) is 35.8 Å². The zero-order valence-electron chi connectivity index (χ0n) is 21.3. The summed E-state index contributed by atoms with van der Waals surface area (Å²) in [5.41, 5.74) is 1.09. The average molecular weight is 459 g/mol. The number of carbonyl (C=O) groups is 1. The summed E-state index contributed by atoms with van der Waals surface area (Å²) >= 11 is 0. The number of aromatic nitrogens is 1. The molecule has 0 atom stereocenters. The minimum absolute atomic E-state index is 0.0984. The van der Waals surface area contributed by atoms with Crippen LogP contribution in [0.1, 0.15) is 127 Å². The largest absolute Gasteiger partial charge is 0.352 e. The molecule has 0 radical (unpaired) electrons. The lowest BCUT2D eigenvalue weighted by Crippen LogP contribution is -2.24. The van der Waals surface area contributed by atoms with Crippen molar-refractivity contribution in [2.45, 2.75) is 123 Å². The number of unbranched alkanes of at least 4 members (excludes halogenated alkanes) is 15. The summed E-state index contributed by atoms with van der Waals surface area (Å²) < 4.78 is 16.0. The molecule has 0 saturated heterocycles. The highest BCUT2D eigenvalue weighted by molar-refractivity contribution is 6.07. The number of rotatable bonds is 19. The van der Waals surface area contributed by atoms with E-state index in [1.165, 1.54) is 96.0 Å². The zero-order valence-corrected chi connectivity index (χ0v) is 21.3. The van der Waals surface area contributed by atoms with Crippen molar-refractivity contribution in [3.63, 3.8) is 0 Å². The van der Waals surface area contributed by atoms with Crippen LogP contribution in [-0.2, 0) is 6.54 Å². The van der Waals surface area contributed by atoms with Gasteiger partial charge in [0.05, 0.1) is 11.1 Å². The Bertz CT molecular complexity index is 798. The highest BCUT2D eigenvalue weighted by atomic mass is 19.1. The lowest BCUT2D eigenvalue weighted by Gasteiger charge is -2.05. The number of aryl methyl sites for hydroxylation is 1. The van der Waals surface area contributed by atoms with E-state index in [0.717, 1.165) is 12.8 Å². The Labute approximate surface area is 201 Å². The van der Waals surface area contributed by atoms with Crippen molar-refractivity contribution < 1.29 is 9.18 Å². The van der Waals surface area contributed by atoms with E-state index in [1.54, 1.807) is 12.3 Å². The number of halogens is 1. The molecule has 2 rings (SSSR count). The SMILES string of the molecule is CCCCCCCCCCCCCCCCCCNC(=O)c1cn(CC)c2c(F)cccc12. The molecule has 2 aromatic rings. The van der Waals surface area contributed by atoms with Crippen LogP contribution in [0.2, 0.25) is 0 Å². The standard InChI is InChI=1S/C29H47FN2O/c1-3-5-6-7-8-9-10-11-12-13-14-15-16-17-18-19-23-31-29(33)26-24-32(4-2)28-25(26)21-20-22-27(28)30/h20-22,24H,3-19,23H2,1-2H3,(H,31,33). The molecule has 4 heteroatoms. The quantitative estimate of drug-likeness (QED) is 0.210. The molecule has 33 heavy (non-hydrogen) atoms. The number of hydrogen-bond donors (Lipinski definition) is 1. The fraction of sp³-hybridized carbons (Fsp3) is 0.690. The Morgan fingerprint density at radius 3 is 1.82 bits per heavy atom. The number of para-hydroxylation sites is 1. The van der Waals surface area contributed by atoms with Gasteiger partial charge in [-0.05, 0) is 19.4 Å². The maximum absolute atomic E-state index is 14.2. The van der Waals surface area contributed by atoms with Gasteiger partial charge in [0.15, 0.2) is 0 Å². The van der Waals surface area contributed by atoms with E-state index in [4.69, 9.17) is 0 Å². The van der Waals surface area contributed by atoms with Crippen LogP contribution in [0.3, 0.4) is 0 Å². The van der Waals surface area contributed by atoms with Crippen molar-refractivity contribution in [1.29, 1.82) is 0 Å². The highest BCUT2D eigenvalue weighted by Crippen LogP contribution is 2.24. The minimum atomic E-state index is -0.272. The number of fused-ring (bicyclic) bond motifs is 1. The third-order valence-electron chi connectivity index (χ3n) is 6.75. The molecule has 1 heterocycles. The molecular weight excluding hydrogens is 411 g/mol. The van der Waals surface area contributed by atoms with Crippen LogP contribution in [0, 0.1) is 5.82 Å². The van der Waals surface area contributed by atoms with Gasteiger partial charge in [-0.3, -0.25) is 4.79 Å². The molecule has 0 saturated carbocycles. The first kappa shape index (κ1) is 27.4. The maximum Gasteiger partial charge on any atom is 0.253 e. The van der Waals surface area contributed by atoms with Gasteiger partial charge in [-0.2, -0.15) is 0 Å². The molecule has 1 amide bonds. The second-order valence-corrected chi connectivity index (χ2v) is 9.52. The normalized spacial score (nSPS) is 11.4. The summed E-state index contributed by atoms with van der Waals surface area (Å²) in [6, 6.07) is 4.95. The molecule has 186 valence electrons. The lowest BCUT2D eigenvalue weighted by molar-refractivity contribution is 0.0954. The van der Waals surface area contributed by atoms with Crippen LogP contribution in [0.4, 0.5) is 4.39 Å². The van der Waals surface area contributed by atoms with Gasteiger partial charge in [0.1, 0.15) is 5.82 Å². The van der Waals surface area contributed by atoms with Crippen molar-refractivity contribution in [2.24, 2.45) is 0 Å². The maximum atomic E-state index is 14.2. The van der Waals surface area contributed by atoms with Gasteiger partial charge in [-0.15, -0.1) is 0 Å². The van der Waals surface area contributed by atoms with Gasteiger partial charge in [0.2, 0.25) is 0 Å². The monoisotopic (exact) mass is 458 g/mol. The number of benzene rings is 1. The Hall–Kier alpha value is -1.84. The smallest absolute Gasteiger partial charge is 0.253 e. The fourth-order valence-electron chi connectivity index (χ4n) is 4.72. The molecule has 0 spiro atoms. The second-order valence-electron chi connectivity index (χ2n) is 9.52. The van der Waals surface area contributed by atoms with E-state index in [9.17, 15) is 9.18 Å². The van der Waals surface area contributed by atoms with Gasteiger partial charge in [0, 0.05) is 24.7 Å². The topological polar surface area (TPSA) is 34.0 Å². The number of carbonyl (C=O) groups excluding carboxylic acids is 1. The molecule has 0 aliphatic heterocycles. The number of nitrogens with one attached hydrogen (secondary N) is 1. The average Bonchev–Trinajstić information content (AvgIpc) is 3.21. The lowest BCUT2D eigenvalue weighted by atomic mass is 10.0. The number of amides is 1. The first-order valence-electron chi connectivity index (χ1n) is 13.7. The molecule has 0 unspecified atom stereocenters. The molecule has 1 aromatic heterocycles. The Balaban J connectivity index is 1.46. The first-order chi connectivity index (χ1) is 16.2. The second kappa shape index (κ2) is 16.7. The van der Waals surface area contributed by atoms with E-state index in [0.29, 0.717) is 29.6 Å². The molecule has 0 fully saturated rings. The minimum Gasteiger partial charge on any atom is -0.352 e. The van der Waals surface area contributed by atoms with Crippen LogP contribution in [0.5, 0.6) is 0 Å². The van der Waals surface area contributed by atoms with E-state index in [1.807, 2.05) is 17.6 Å². The molecule has 1 N–H and O–H groups in total. The van der Waals surface area contributed by atoms with Gasteiger partial charge in [-0.25, -0.2) is 4.39 Å². The van der Waals surface area contributed by atoms with E-state index >= 15 is 0 Å². The van der Waals surface area contributed by atoms with Crippen molar-refractivity contribution >= 4 is 16.8 Å². The summed E-state index contributed by atoms with van der Waals surface area (Å²) in [4.78, 5) is 12.6. The summed E-state index contributed by atoms with van der Waals surface area (Å²) in [6.07, 6.45) is 23.3. The predicted molar refractivity (Wildman–Crippen MR) is 139 cm³/mol. The molecule has 3 nitrogen and oxygen atoms in total. The van der Waals surface area contributed by atoms with Crippen LogP contribution < -0.4 is 5.32 Å². The van der Waals surface area contributed by atoms with Gasteiger partial charge in [-0.1, -0.05) is 115 Å². The van der Waals surface area contributed by atoms with Crippen LogP contribution in [0.15, 0.2) is 24.4 Å². The first-order valence-corrected chi connectivity index (χ1v) is 13.7. The predicted octanol–water partition coefficient (Wildman–Crippen LogP) is 8.79. The molecule has 1 aromatic carbocycles. The molecule has 0 aliphatic rings. The van der Waals surface area contributed by atoms with Gasteiger partial charge >= 0.3 is 0 Å². The van der Waals surface area contributed by atoms with Crippen molar-refractivity contribution in [2.75, 3.05) is 6.54 Å². The highest BCUT2D eigenvalue weighted by Gasteiger charge is 2.16. The zero-order chi connectivity index (χ0) is 23.7. The summed E-state index contributed by atoms with van der Waals surface area (Å²) in [5, 5.41) is 3.72. The third kappa shape index (κ3) is 9.90. The summed E-state index contributed by atoms with van der Waals surface area (Å²) in [6.45, 7) is 5.57. The molecule has 0 aliphatic carbocycles. The molecule has 0 bridgehead atoms. The van der Waals surface area contributed by atoms with E-state index < -0.39 is 0 Å². The summed E-state index contributed by atoms with van der Waals surface area (Å²) in [5.74, 6) is -0.370. The fourth-order valence-corrected chi connectivity index (χ4v) is 4.72. The van der Waals surface area contributed by atoms with Crippen molar-refractivity contribution in [3.8, 4) is 0 Å². The van der Waals surface area contributed by atoms with E-state index in [-0.39, 0.29) is 11.7 Å². The Morgan fingerprint density at radius 2 is 1.30 bits per heavy atom. The van der Waals surface area contributed by atoms with Gasteiger partial charge in [0.25, 0.3) is 5.91 Å². The van der Waals surface area contributed by atoms with Crippen LogP contribution in [-0.4, -0.2) is 17.0 Å². The van der Waals surface area contributed by atoms with Crippen molar-refractivity contribution in [1.82, 2.24) is 9.88 Å². The van der Waals surface area contributed by atoms with E-state index in [2.05, 4.69) is 12.2 Å². The Kier molecular flexibility index (Phi) is 13.9. The third-order valence-corrected chi connectivity index (χ3v) is 6.75. The molecular formula is C29H47FN2O. The number of hydrogen-bond acceptors (Lipinski definition) is 1. The van der Waals surface area contributed by atoms with Gasteiger partial charge < -0.3 is 9.88 Å².